The highest BCUT2D eigenvalue weighted by Crippen LogP contribution is 2.52. The Balaban J connectivity index is 2.40. The summed E-state index contributed by atoms with van der Waals surface area (Å²) in [6.07, 6.45) is 0.934. The van der Waals surface area contributed by atoms with Crippen LogP contribution in [0.25, 0.3) is 0 Å². The van der Waals surface area contributed by atoms with Gasteiger partial charge in [0.1, 0.15) is 5.60 Å². The molecule has 1 N–H and O–H groups in total. The van der Waals surface area contributed by atoms with Gasteiger partial charge in [-0.2, -0.15) is 5.26 Å². The average Bonchev–Trinajstić information content (AvgIpc) is 3.25. The highest BCUT2D eigenvalue weighted by atomic mass is 16.6. The first-order valence-corrected chi connectivity index (χ1v) is 7.42. The molecule has 0 saturated heterocycles. The van der Waals surface area contributed by atoms with Crippen molar-refractivity contribution in [2.24, 2.45) is 0 Å². The molecular weight excluding hydrogens is 296 g/mol. The summed E-state index contributed by atoms with van der Waals surface area (Å²) in [5.41, 5.74) is 0.0523. The zero-order valence-corrected chi connectivity index (χ0v) is 14.1. The minimum atomic E-state index is -0.604. The molecule has 0 heterocycles. The van der Waals surface area contributed by atoms with Gasteiger partial charge in [0.15, 0.2) is 11.5 Å². The largest absolute Gasteiger partial charge is 0.493 e. The highest BCUT2D eigenvalue weighted by molar-refractivity contribution is 5.87. The van der Waals surface area contributed by atoms with Crippen molar-refractivity contribution in [3.63, 3.8) is 0 Å². The molecule has 0 bridgehead atoms. The Labute approximate surface area is 136 Å². The van der Waals surface area contributed by atoms with E-state index in [9.17, 15) is 10.1 Å². The van der Waals surface area contributed by atoms with Gasteiger partial charge in [0, 0.05) is 6.07 Å². The van der Waals surface area contributed by atoms with Crippen molar-refractivity contribution in [3.8, 4) is 17.6 Å². The number of amides is 1. The zero-order chi connectivity index (χ0) is 17.3. The molecule has 1 saturated carbocycles. The number of ether oxygens (including phenoxy) is 3. The number of carbonyl (C=O) groups excluding carboxylic acids is 1. The van der Waals surface area contributed by atoms with Crippen LogP contribution in [-0.2, 0) is 10.2 Å². The van der Waals surface area contributed by atoms with Gasteiger partial charge in [-0.15, -0.1) is 0 Å². The van der Waals surface area contributed by atoms with E-state index in [0.717, 1.165) is 18.4 Å². The second-order valence-electron chi connectivity index (χ2n) is 6.57. The van der Waals surface area contributed by atoms with Crippen molar-refractivity contribution in [1.29, 1.82) is 5.26 Å². The third-order valence-electron chi connectivity index (χ3n) is 3.64. The van der Waals surface area contributed by atoms with E-state index in [1.165, 1.54) is 14.2 Å². The van der Waals surface area contributed by atoms with Gasteiger partial charge < -0.3 is 14.2 Å². The molecule has 0 aliphatic heterocycles. The molecule has 0 radical (unpaired) electrons. The lowest BCUT2D eigenvalue weighted by Gasteiger charge is -2.22. The van der Waals surface area contributed by atoms with Crippen LogP contribution in [0.2, 0.25) is 0 Å². The van der Waals surface area contributed by atoms with Gasteiger partial charge in [-0.05, 0) is 45.2 Å². The SMILES string of the molecule is COc1cc(NC(=O)OC(C)(C)C)c(C2(C#N)CC2)cc1OC. The number of methoxy groups -OCH3 is 2. The van der Waals surface area contributed by atoms with Crippen LogP contribution in [0.4, 0.5) is 10.5 Å². The molecule has 0 atom stereocenters. The van der Waals surface area contributed by atoms with Crippen LogP contribution in [-0.4, -0.2) is 25.9 Å². The molecule has 6 nitrogen and oxygen atoms in total. The number of carbonyl (C=O) groups is 1. The molecule has 1 aromatic rings. The summed E-state index contributed by atoms with van der Waals surface area (Å²) in [7, 11) is 3.06. The van der Waals surface area contributed by atoms with Gasteiger partial charge in [0.2, 0.25) is 0 Å². The molecule has 2 rings (SSSR count). The molecule has 23 heavy (non-hydrogen) atoms. The number of nitrogens with one attached hydrogen (secondary N) is 1. The lowest BCUT2D eigenvalue weighted by molar-refractivity contribution is 0.0635. The van der Waals surface area contributed by atoms with Crippen LogP contribution < -0.4 is 14.8 Å². The predicted octanol–water partition coefficient (Wildman–Crippen LogP) is 3.61. The van der Waals surface area contributed by atoms with Crippen molar-refractivity contribution in [3.05, 3.63) is 17.7 Å². The zero-order valence-electron chi connectivity index (χ0n) is 14.1. The molecule has 1 aliphatic rings. The summed E-state index contributed by atoms with van der Waals surface area (Å²) in [5, 5.41) is 12.2. The summed E-state index contributed by atoms with van der Waals surface area (Å²) in [6.45, 7) is 5.37. The molecule has 1 aromatic carbocycles. The van der Waals surface area contributed by atoms with Crippen LogP contribution in [0.5, 0.6) is 11.5 Å². The molecule has 0 unspecified atom stereocenters. The number of benzene rings is 1. The summed E-state index contributed by atoms with van der Waals surface area (Å²) in [4.78, 5) is 12.1. The first kappa shape index (κ1) is 16.9. The monoisotopic (exact) mass is 318 g/mol. The molecule has 6 heteroatoms. The van der Waals surface area contributed by atoms with E-state index in [4.69, 9.17) is 14.2 Å². The van der Waals surface area contributed by atoms with Crippen molar-refractivity contribution < 1.29 is 19.0 Å². The number of hydrogen-bond acceptors (Lipinski definition) is 5. The molecule has 0 spiro atoms. The maximum Gasteiger partial charge on any atom is 0.412 e. The first-order valence-electron chi connectivity index (χ1n) is 7.42. The van der Waals surface area contributed by atoms with Crippen LogP contribution in [0, 0.1) is 11.3 Å². The summed E-state index contributed by atoms with van der Waals surface area (Å²) in [6, 6.07) is 5.74. The standard InChI is InChI=1S/C17H22N2O4/c1-16(2,3)23-15(20)19-12-9-14(22-5)13(21-4)8-11(12)17(10-18)6-7-17/h8-9H,6-7H2,1-5H3,(H,19,20). The highest BCUT2D eigenvalue weighted by Gasteiger charge is 2.47. The van der Waals surface area contributed by atoms with Crippen LogP contribution in [0.1, 0.15) is 39.2 Å². The fourth-order valence-electron chi connectivity index (χ4n) is 2.36. The number of rotatable bonds is 4. The van der Waals surface area contributed by atoms with E-state index >= 15 is 0 Å². The normalized spacial score (nSPS) is 15.3. The van der Waals surface area contributed by atoms with E-state index in [1.54, 1.807) is 32.9 Å². The Bertz CT molecular complexity index is 652. The van der Waals surface area contributed by atoms with E-state index in [0.29, 0.717) is 17.2 Å². The maximum atomic E-state index is 12.1. The predicted molar refractivity (Wildman–Crippen MR) is 85.9 cm³/mol. The third kappa shape index (κ3) is 3.67. The quantitative estimate of drug-likeness (QED) is 0.917. The fourth-order valence-corrected chi connectivity index (χ4v) is 2.36. The maximum absolute atomic E-state index is 12.1. The Morgan fingerprint density at radius 2 is 1.78 bits per heavy atom. The minimum Gasteiger partial charge on any atom is -0.493 e. The van der Waals surface area contributed by atoms with E-state index in [-0.39, 0.29) is 0 Å². The molecule has 124 valence electrons. The third-order valence-corrected chi connectivity index (χ3v) is 3.64. The molecule has 0 aromatic heterocycles. The Hall–Kier alpha value is -2.42. The van der Waals surface area contributed by atoms with Gasteiger partial charge in [0.05, 0.1) is 31.4 Å². The number of nitriles is 1. The van der Waals surface area contributed by atoms with Gasteiger partial charge in [-0.1, -0.05) is 0 Å². The van der Waals surface area contributed by atoms with Crippen LogP contribution in [0.15, 0.2) is 12.1 Å². The lowest BCUT2D eigenvalue weighted by Crippen LogP contribution is -2.28. The average molecular weight is 318 g/mol. The number of nitrogens with zero attached hydrogens (tertiary/aromatic N) is 1. The summed E-state index contributed by atoms with van der Waals surface area (Å²) in [5.74, 6) is 1.01. The van der Waals surface area contributed by atoms with Crippen LogP contribution >= 0.6 is 0 Å². The van der Waals surface area contributed by atoms with Crippen molar-refractivity contribution in [2.75, 3.05) is 19.5 Å². The molecule has 1 fully saturated rings. The first-order chi connectivity index (χ1) is 10.7. The van der Waals surface area contributed by atoms with Gasteiger partial charge in [-0.3, -0.25) is 5.32 Å². The summed E-state index contributed by atoms with van der Waals surface area (Å²) >= 11 is 0. The lowest BCUT2D eigenvalue weighted by atomic mass is 9.95. The van der Waals surface area contributed by atoms with Crippen molar-refractivity contribution in [1.82, 2.24) is 0 Å². The van der Waals surface area contributed by atoms with Gasteiger partial charge >= 0.3 is 6.09 Å². The van der Waals surface area contributed by atoms with Gasteiger partial charge in [-0.25, -0.2) is 4.79 Å². The molecule has 1 aliphatic carbocycles. The Morgan fingerprint density at radius 3 is 2.22 bits per heavy atom. The van der Waals surface area contributed by atoms with E-state index in [1.807, 2.05) is 0 Å². The minimum absolute atomic E-state index is 0.482. The van der Waals surface area contributed by atoms with Crippen LogP contribution in [0.3, 0.4) is 0 Å². The second-order valence-corrected chi connectivity index (χ2v) is 6.57. The van der Waals surface area contributed by atoms with Crippen molar-refractivity contribution in [2.45, 2.75) is 44.6 Å². The fraction of sp³-hybridized carbons (Fsp3) is 0.529. The smallest absolute Gasteiger partial charge is 0.412 e. The van der Waals surface area contributed by atoms with Gasteiger partial charge in [0.25, 0.3) is 0 Å². The number of anilines is 1. The molecule has 1 amide bonds. The Kier molecular flexibility index (Phi) is 4.42. The van der Waals surface area contributed by atoms with E-state index < -0.39 is 17.1 Å². The second kappa shape index (κ2) is 5.99. The molecular formula is C17H22N2O4. The Morgan fingerprint density at radius 1 is 1.22 bits per heavy atom. The van der Waals surface area contributed by atoms with Crippen molar-refractivity contribution >= 4 is 11.8 Å². The number of hydrogen-bond donors (Lipinski definition) is 1. The van der Waals surface area contributed by atoms with E-state index in [2.05, 4.69) is 11.4 Å². The summed E-state index contributed by atoms with van der Waals surface area (Å²) < 4.78 is 15.9. The topological polar surface area (TPSA) is 80.6 Å².